The molecule has 84 valence electrons. The van der Waals surface area contributed by atoms with E-state index in [0.29, 0.717) is 25.3 Å². The largest absolute Gasteiger partial charge is 0.460 e. The van der Waals surface area contributed by atoms with Crippen LogP contribution < -0.4 is 0 Å². The summed E-state index contributed by atoms with van der Waals surface area (Å²) in [7, 11) is 0. The Morgan fingerprint density at radius 2 is 2.40 bits per heavy atom. The van der Waals surface area contributed by atoms with Gasteiger partial charge in [0.1, 0.15) is 13.2 Å². The second kappa shape index (κ2) is 5.50. The zero-order valence-electron chi connectivity index (χ0n) is 8.82. The van der Waals surface area contributed by atoms with Gasteiger partial charge in [0.2, 0.25) is 5.91 Å². The maximum Gasteiger partial charge on any atom is 0.333 e. The molecule has 15 heavy (non-hydrogen) atoms. The third-order valence-electron chi connectivity index (χ3n) is 2.03. The Hall–Kier alpha value is -1.36. The number of rotatable bonds is 4. The molecular formula is C10H15NO4. The number of morpholine rings is 1. The minimum Gasteiger partial charge on any atom is -0.460 e. The molecule has 0 saturated carbocycles. The van der Waals surface area contributed by atoms with Crippen LogP contribution in [-0.4, -0.2) is 49.7 Å². The van der Waals surface area contributed by atoms with Gasteiger partial charge in [-0.1, -0.05) is 6.58 Å². The van der Waals surface area contributed by atoms with Crippen molar-refractivity contribution in [2.75, 3.05) is 32.9 Å². The van der Waals surface area contributed by atoms with E-state index in [9.17, 15) is 9.59 Å². The van der Waals surface area contributed by atoms with Gasteiger partial charge in [-0.05, 0) is 6.92 Å². The van der Waals surface area contributed by atoms with Crippen molar-refractivity contribution < 1.29 is 19.1 Å². The van der Waals surface area contributed by atoms with E-state index in [0.717, 1.165) is 0 Å². The first-order chi connectivity index (χ1) is 7.11. The molecule has 5 heteroatoms. The molecule has 1 rings (SSSR count). The molecule has 0 aromatic carbocycles. The zero-order valence-corrected chi connectivity index (χ0v) is 8.82. The van der Waals surface area contributed by atoms with Crippen LogP contribution in [0.2, 0.25) is 0 Å². The Kier molecular flexibility index (Phi) is 4.30. The van der Waals surface area contributed by atoms with E-state index in [1.54, 1.807) is 11.8 Å². The molecule has 0 aromatic rings. The van der Waals surface area contributed by atoms with Gasteiger partial charge in [0.05, 0.1) is 13.2 Å². The van der Waals surface area contributed by atoms with E-state index >= 15 is 0 Å². The molecule has 0 radical (unpaired) electrons. The van der Waals surface area contributed by atoms with E-state index in [-0.39, 0.29) is 19.1 Å². The van der Waals surface area contributed by atoms with Gasteiger partial charge in [-0.15, -0.1) is 0 Å². The molecule has 1 heterocycles. The standard InChI is InChI=1S/C10H15NO4/c1-8(2)10(13)15-6-4-11-3-5-14-7-9(11)12/h1,3-7H2,2H3. The van der Waals surface area contributed by atoms with Gasteiger partial charge in [-0.25, -0.2) is 4.79 Å². The quantitative estimate of drug-likeness (QED) is 0.486. The summed E-state index contributed by atoms with van der Waals surface area (Å²) >= 11 is 0. The Labute approximate surface area is 88.6 Å². The maximum atomic E-state index is 11.2. The molecule has 1 saturated heterocycles. The molecule has 0 aromatic heterocycles. The van der Waals surface area contributed by atoms with E-state index in [4.69, 9.17) is 9.47 Å². The highest BCUT2D eigenvalue weighted by Gasteiger charge is 2.18. The van der Waals surface area contributed by atoms with E-state index in [1.807, 2.05) is 0 Å². The maximum absolute atomic E-state index is 11.2. The van der Waals surface area contributed by atoms with Crippen molar-refractivity contribution in [3.05, 3.63) is 12.2 Å². The van der Waals surface area contributed by atoms with E-state index in [1.165, 1.54) is 0 Å². The second-order valence-corrected chi connectivity index (χ2v) is 3.35. The van der Waals surface area contributed by atoms with Gasteiger partial charge in [-0.2, -0.15) is 0 Å². The summed E-state index contributed by atoms with van der Waals surface area (Å²) in [5, 5.41) is 0. The van der Waals surface area contributed by atoms with Gasteiger partial charge in [0, 0.05) is 12.1 Å². The van der Waals surface area contributed by atoms with Crippen LogP contribution in [0.5, 0.6) is 0 Å². The van der Waals surface area contributed by atoms with Crippen LogP contribution in [0.25, 0.3) is 0 Å². The van der Waals surface area contributed by atoms with Gasteiger partial charge in [0.25, 0.3) is 0 Å². The summed E-state index contributed by atoms with van der Waals surface area (Å²) in [5.74, 6) is -0.483. The molecule has 0 unspecified atom stereocenters. The van der Waals surface area contributed by atoms with Crippen LogP contribution in [0.4, 0.5) is 0 Å². The van der Waals surface area contributed by atoms with Crippen LogP contribution >= 0.6 is 0 Å². The second-order valence-electron chi connectivity index (χ2n) is 3.35. The lowest BCUT2D eigenvalue weighted by atomic mass is 10.3. The van der Waals surface area contributed by atoms with Gasteiger partial charge in [0.15, 0.2) is 0 Å². The minimum absolute atomic E-state index is 0.0624. The average molecular weight is 213 g/mol. The number of nitrogens with zero attached hydrogens (tertiary/aromatic N) is 1. The predicted octanol–water partition coefficient (Wildman–Crippen LogP) is -0.0355. The third-order valence-corrected chi connectivity index (χ3v) is 2.03. The number of hydrogen-bond acceptors (Lipinski definition) is 4. The molecule has 0 aliphatic carbocycles. The first-order valence-electron chi connectivity index (χ1n) is 4.79. The molecule has 1 amide bonds. The first kappa shape index (κ1) is 11.7. The number of hydrogen-bond donors (Lipinski definition) is 0. The minimum atomic E-state index is -0.421. The predicted molar refractivity (Wildman–Crippen MR) is 53.2 cm³/mol. The molecule has 0 atom stereocenters. The van der Waals surface area contributed by atoms with Crippen LogP contribution in [0, 0.1) is 0 Å². The van der Waals surface area contributed by atoms with Crippen molar-refractivity contribution in [3.63, 3.8) is 0 Å². The van der Waals surface area contributed by atoms with Crippen molar-refractivity contribution in [3.8, 4) is 0 Å². The van der Waals surface area contributed by atoms with Crippen molar-refractivity contribution in [1.82, 2.24) is 4.90 Å². The molecule has 1 fully saturated rings. The molecule has 0 bridgehead atoms. The summed E-state index contributed by atoms with van der Waals surface area (Å²) in [6.45, 7) is 6.89. The fraction of sp³-hybridized carbons (Fsp3) is 0.600. The number of ether oxygens (including phenoxy) is 2. The Morgan fingerprint density at radius 1 is 1.67 bits per heavy atom. The lowest BCUT2D eigenvalue weighted by molar-refractivity contribution is -0.147. The van der Waals surface area contributed by atoms with Crippen LogP contribution in [0.15, 0.2) is 12.2 Å². The Bertz CT molecular complexity index is 275. The molecule has 1 aliphatic heterocycles. The van der Waals surface area contributed by atoms with Crippen LogP contribution in [0.3, 0.4) is 0 Å². The highest BCUT2D eigenvalue weighted by molar-refractivity contribution is 5.86. The normalized spacial score (nSPS) is 16.3. The monoisotopic (exact) mass is 213 g/mol. The van der Waals surface area contributed by atoms with Gasteiger partial charge >= 0.3 is 5.97 Å². The summed E-state index contributed by atoms with van der Waals surface area (Å²) in [6.07, 6.45) is 0. The van der Waals surface area contributed by atoms with E-state index < -0.39 is 5.97 Å². The average Bonchev–Trinajstić information content (AvgIpc) is 2.20. The summed E-state index contributed by atoms with van der Waals surface area (Å²) in [4.78, 5) is 23.9. The highest BCUT2D eigenvalue weighted by Crippen LogP contribution is 1.99. The fourth-order valence-electron chi connectivity index (χ4n) is 1.16. The van der Waals surface area contributed by atoms with Gasteiger partial charge < -0.3 is 14.4 Å². The van der Waals surface area contributed by atoms with Crippen molar-refractivity contribution in [2.24, 2.45) is 0 Å². The number of esters is 1. The van der Waals surface area contributed by atoms with Crippen molar-refractivity contribution in [2.45, 2.75) is 6.92 Å². The molecule has 0 spiro atoms. The SMILES string of the molecule is C=C(C)C(=O)OCCN1CCOCC1=O. The smallest absolute Gasteiger partial charge is 0.333 e. The van der Waals surface area contributed by atoms with E-state index in [2.05, 4.69) is 6.58 Å². The Balaban J connectivity index is 2.22. The lowest BCUT2D eigenvalue weighted by Crippen LogP contribution is -2.43. The molecule has 0 N–H and O–H groups in total. The molecule has 5 nitrogen and oxygen atoms in total. The number of amides is 1. The third kappa shape index (κ3) is 3.71. The first-order valence-corrected chi connectivity index (χ1v) is 4.79. The van der Waals surface area contributed by atoms with Crippen molar-refractivity contribution in [1.29, 1.82) is 0 Å². The highest BCUT2D eigenvalue weighted by atomic mass is 16.5. The van der Waals surface area contributed by atoms with Crippen LogP contribution in [0.1, 0.15) is 6.92 Å². The van der Waals surface area contributed by atoms with Gasteiger partial charge in [-0.3, -0.25) is 4.79 Å². The molecular weight excluding hydrogens is 198 g/mol. The number of carbonyl (C=O) groups excluding carboxylic acids is 2. The van der Waals surface area contributed by atoms with Crippen LogP contribution in [-0.2, 0) is 19.1 Å². The summed E-state index contributed by atoms with van der Waals surface area (Å²) in [6, 6.07) is 0. The lowest BCUT2D eigenvalue weighted by Gasteiger charge is -2.26. The summed E-state index contributed by atoms with van der Waals surface area (Å²) in [5.41, 5.74) is 0.364. The topological polar surface area (TPSA) is 55.8 Å². The molecule has 1 aliphatic rings. The number of carbonyl (C=O) groups is 2. The Morgan fingerprint density at radius 3 is 3.00 bits per heavy atom. The zero-order chi connectivity index (χ0) is 11.3. The summed E-state index contributed by atoms with van der Waals surface area (Å²) < 4.78 is 9.85. The van der Waals surface area contributed by atoms with Crippen molar-refractivity contribution >= 4 is 11.9 Å². The fourth-order valence-corrected chi connectivity index (χ4v) is 1.16.